The number of hydrogen-bond donors (Lipinski definition) is 0. The molecule has 1 aromatic heterocycles. The molecule has 0 atom stereocenters. The van der Waals surface area contributed by atoms with Crippen LogP contribution in [0.4, 0.5) is 4.39 Å². The van der Waals surface area contributed by atoms with Gasteiger partial charge >= 0.3 is 0 Å². The van der Waals surface area contributed by atoms with Gasteiger partial charge in [-0.15, -0.1) is 11.8 Å². The Hall–Kier alpha value is -1.14. The van der Waals surface area contributed by atoms with Crippen LogP contribution >= 0.6 is 27.7 Å². The molecule has 0 aliphatic heterocycles. The number of halogens is 2. The van der Waals surface area contributed by atoms with E-state index in [4.69, 9.17) is 0 Å². The summed E-state index contributed by atoms with van der Waals surface area (Å²) in [7, 11) is 0. The summed E-state index contributed by atoms with van der Waals surface area (Å²) in [4.78, 5) is 12.6. The highest BCUT2D eigenvalue weighted by molar-refractivity contribution is 9.10. The van der Waals surface area contributed by atoms with E-state index in [1.165, 1.54) is 17.8 Å². The summed E-state index contributed by atoms with van der Waals surface area (Å²) >= 11 is 4.51. The molecule has 0 saturated heterocycles. The van der Waals surface area contributed by atoms with Crippen molar-refractivity contribution in [2.45, 2.75) is 18.4 Å². The van der Waals surface area contributed by atoms with Gasteiger partial charge in [0, 0.05) is 11.4 Å². The monoisotopic (exact) mass is 342 g/mol. The van der Waals surface area contributed by atoms with Crippen LogP contribution in [0.15, 0.2) is 39.8 Å². The lowest BCUT2D eigenvalue weighted by atomic mass is 10.3. The smallest absolute Gasteiger partial charge is 0.192 e. The van der Waals surface area contributed by atoms with E-state index in [2.05, 4.69) is 21.0 Å². The van der Waals surface area contributed by atoms with Crippen molar-refractivity contribution in [3.63, 3.8) is 0 Å². The van der Waals surface area contributed by atoms with Crippen LogP contribution in [0.5, 0.6) is 0 Å². The average Bonchev–Trinajstić information content (AvgIpc) is 2.78. The van der Waals surface area contributed by atoms with Crippen LogP contribution in [-0.4, -0.2) is 21.3 Å². The molecule has 0 aliphatic carbocycles. The minimum Gasteiger partial charge on any atom is -0.291 e. The second kappa shape index (κ2) is 6.34. The largest absolute Gasteiger partial charge is 0.291 e. The second-order valence-corrected chi connectivity index (χ2v) is 5.67. The number of hydrogen-bond acceptors (Lipinski definition) is 3. The predicted octanol–water partition coefficient (Wildman–Crippen LogP) is 3.78. The van der Waals surface area contributed by atoms with E-state index in [1.807, 2.05) is 6.92 Å². The number of aryl methyl sites for hydroxylation is 1. The quantitative estimate of drug-likeness (QED) is 0.612. The topological polar surface area (TPSA) is 34.9 Å². The summed E-state index contributed by atoms with van der Waals surface area (Å²) in [5, 5.41) is 4.09. The third-order valence-corrected chi connectivity index (χ3v) is 4.18. The lowest BCUT2D eigenvalue weighted by molar-refractivity contribution is 0.101. The first kappa shape index (κ1) is 14.3. The van der Waals surface area contributed by atoms with Gasteiger partial charge in [0.05, 0.1) is 16.4 Å². The first-order valence-corrected chi connectivity index (χ1v) is 7.53. The standard InChI is InChI=1S/C13H12BrFN2OS/c1-2-17-13(9(14)7-16-17)11(18)8-19-12-6-4-3-5-10(12)15/h3-7H,2,8H2,1H3. The van der Waals surface area contributed by atoms with Crippen molar-refractivity contribution in [1.29, 1.82) is 0 Å². The minimum atomic E-state index is -0.302. The number of rotatable bonds is 5. The molecule has 1 aromatic carbocycles. The maximum Gasteiger partial charge on any atom is 0.192 e. The molecule has 1 heterocycles. The van der Waals surface area contributed by atoms with Crippen LogP contribution in [0.1, 0.15) is 17.4 Å². The van der Waals surface area contributed by atoms with E-state index >= 15 is 0 Å². The minimum absolute atomic E-state index is 0.0699. The van der Waals surface area contributed by atoms with E-state index in [1.54, 1.807) is 29.1 Å². The summed E-state index contributed by atoms with van der Waals surface area (Å²) in [6, 6.07) is 6.44. The van der Waals surface area contributed by atoms with Gasteiger partial charge in [0.2, 0.25) is 0 Å². The molecule has 0 saturated carbocycles. The molecule has 0 fully saturated rings. The number of carbonyl (C=O) groups excluding carboxylic acids is 1. The highest BCUT2D eigenvalue weighted by atomic mass is 79.9. The number of thioether (sulfide) groups is 1. The van der Waals surface area contributed by atoms with Crippen molar-refractivity contribution in [3.8, 4) is 0 Å². The van der Waals surface area contributed by atoms with Gasteiger partial charge in [-0.1, -0.05) is 12.1 Å². The zero-order valence-corrected chi connectivity index (χ0v) is 12.7. The number of ketones is 1. The van der Waals surface area contributed by atoms with Crippen LogP contribution in [0.2, 0.25) is 0 Å². The molecule has 3 nitrogen and oxygen atoms in total. The molecule has 0 spiro atoms. The highest BCUT2D eigenvalue weighted by Crippen LogP contribution is 2.24. The van der Waals surface area contributed by atoms with Crippen molar-refractivity contribution >= 4 is 33.5 Å². The van der Waals surface area contributed by atoms with Crippen molar-refractivity contribution in [2.75, 3.05) is 5.75 Å². The fourth-order valence-electron chi connectivity index (χ4n) is 1.65. The van der Waals surface area contributed by atoms with Gasteiger partial charge in [0.1, 0.15) is 11.5 Å². The van der Waals surface area contributed by atoms with Gasteiger partial charge in [-0.3, -0.25) is 9.48 Å². The maximum absolute atomic E-state index is 13.4. The summed E-state index contributed by atoms with van der Waals surface area (Å²) in [6.07, 6.45) is 1.60. The van der Waals surface area contributed by atoms with Gasteiger partial charge in [0.15, 0.2) is 5.78 Å². The molecular formula is C13H12BrFN2OS. The van der Waals surface area contributed by atoms with Crippen molar-refractivity contribution in [2.24, 2.45) is 0 Å². The van der Waals surface area contributed by atoms with Crippen LogP contribution in [0, 0.1) is 5.82 Å². The maximum atomic E-state index is 13.4. The van der Waals surface area contributed by atoms with Crippen LogP contribution in [0.25, 0.3) is 0 Å². The van der Waals surface area contributed by atoms with Crippen LogP contribution < -0.4 is 0 Å². The van der Waals surface area contributed by atoms with E-state index < -0.39 is 0 Å². The molecule has 100 valence electrons. The Labute approximate surface area is 123 Å². The Bertz CT molecular complexity index is 600. The van der Waals surface area contributed by atoms with Gasteiger partial charge in [-0.2, -0.15) is 5.10 Å². The normalized spacial score (nSPS) is 10.7. The summed E-state index contributed by atoms with van der Waals surface area (Å²) in [5.74, 6) is -0.187. The Morgan fingerprint density at radius 3 is 2.89 bits per heavy atom. The lowest BCUT2D eigenvalue weighted by Crippen LogP contribution is -2.12. The first-order valence-electron chi connectivity index (χ1n) is 5.75. The van der Waals surface area contributed by atoms with Gasteiger partial charge < -0.3 is 0 Å². The van der Waals surface area contributed by atoms with Crippen LogP contribution in [-0.2, 0) is 6.54 Å². The molecule has 2 aromatic rings. The highest BCUT2D eigenvalue weighted by Gasteiger charge is 2.17. The Morgan fingerprint density at radius 2 is 2.21 bits per heavy atom. The molecule has 0 aliphatic rings. The molecule has 0 amide bonds. The molecule has 2 rings (SSSR count). The third-order valence-electron chi connectivity index (χ3n) is 2.55. The van der Waals surface area contributed by atoms with Crippen molar-refractivity contribution < 1.29 is 9.18 Å². The van der Waals surface area contributed by atoms with Crippen molar-refractivity contribution in [1.82, 2.24) is 9.78 Å². The molecular weight excluding hydrogens is 331 g/mol. The summed E-state index contributed by atoms with van der Waals surface area (Å²) in [5.41, 5.74) is 0.534. The van der Waals surface area contributed by atoms with E-state index in [0.29, 0.717) is 21.6 Å². The van der Waals surface area contributed by atoms with E-state index in [9.17, 15) is 9.18 Å². The number of Topliss-reactive ketones (excluding diaryl/α,β-unsaturated/α-hetero) is 1. The Kier molecular flexibility index (Phi) is 4.76. The second-order valence-electron chi connectivity index (χ2n) is 3.80. The number of nitrogens with zero attached hydrogens (tertiary/aromatic N) is 2. The molecule has 0 bridgehead atoms. The van der Waals surface area contributed by atoms with Crippen molar-refractivity contribution in [3.05, 3.63) is 46.4 Å². The van der Waals surface area contributed by atoms with E-state index in [0.717, 1.165) is 0 Å². The number of carbonyl (C=O) groups is 1. The van der Waals surface area contributed by atoms with Crippen LogP contribution in [0.3, 0.4) is 0 Å². The zero-order valence-electron chi connectivity index (χ0n) is 10.3. The van der Waals surface area contributed by atoms with Gasteiger partial charge in [0.25, 0.3) is 0 Å². The summed E-state index contributed by atoms with van der Waals surface area (Å²) in [6.45, 7) is 2.54. The molecule has 0 radical (unpaired) electrons. The fourth-order valence-corrected chi connectivity index (χ4v) is 2.97. The average molecular weight is 343 g/mol. The molecule has 0 unspecified atom stereocenters. The fraction of sp³-hybridized carbons (Fsp3) is 0.231. The SMILES string of the molecule is CCn1ncc(Br)c1C(=O)CSc1ccccc1F. The third kappa shape index (κ3) is 3.25. The lowest BCUT2D eigenvalue weighted by Gasteiger charge is -2.05. The molecule has 6 heteroatoms. The number of benzene rings is 1. The predicted molar refractivity (Wildman–Crippen MR) is 77.1 cm³/mol. The molecule has 19 heavy (non-hydrogen) atoms. The van der Waals surface area contributed by atoms with Gasteiger partial charge in [-0.05, 0) is 35.0 Å². The first-order chi connectivity index (χ1) is 9.13. The Balaban J connectivity index is 2.10. The summed E-state index contributed by atoms with van der Waals surface area (Å²) < 4.78 is 15.8. The number of aromatic nitrogens is 2. The van der Waals surface area contributed by atoms with Gasteiger partial charge in [-0.25, -0.2) is 4.39 Å². The zero-order chi connectivity index (χ0) is 13.8. The molecule has 0 N–H and O–H groups in total. The Morgan fingerprint density at radius 1 is 1.47 bits per heavy atom. The van der Waals surface area contributed by atoms with E-state index in [-0.39, 0.29) is 17.4 Å².